The van der Waals surface area contributed by atoms with E-state index < -0.39 is 6.10 Å². The summed E-state index contributed by atoms with van der Waals surface area (Å²) < 4.78 is 0. The van der Waals surface area contributed by atoms with Crippen molar-refractivity contribution in [1.29, 1.82) is 0 Å². The Labute approximate surface area is 60.8 Å². The van der Waals surface area contributed by atoms with Crippen LogP contribution in [-0.4, -0.2) is 11.9 Å². The zero-order valence-corrected chi connectivity index (χ0v) is 6.39. The minimum Gasteiger partial charge on any atom is -0.293 e. The second-order valence-corrected chi connectivity index (χ2v) is 2.18. The first-order chi connectivity index (χ1) is 4.63. The van der Waals surface area contributed by atoms with E-state index in [0.717, 1.165) is 0 Å². The third-order valence-electron chi connectivity index (χ3n) is 1.25. The van der Waals surface area contributed by atoms with Gasteiger partial charge in [-0.3, -0.25) is 9.63 Å². The summed E-state index contributed by atoms with van der Waals surface area (Å²) >= 11 is 0. The van der Waals surface area contributed by atoms with Crippen molar-refractivity contribution in [2.75, 3.05) is 0 Å². The number of carbonyl (C=O) groups is 1. The summed E-state index contributed by atoms with van der Waals surface area (Å²) in [6.07, 6.45) is 0.0693. The van der Waals surface area contributed by atoms with Crippen LogP contribution in [0.2, 0.25) is 0 Å². The molecule has 0 saturated heterocycles. The zero-order valence-electron chi connectivity index (χ0n) is 6.39. The van der Waals surface area contributed by atoms with Gasteiger partial charge in [0, 0.05) is 0 Å². The van der Waals surface area contributed by atoms with Gasteiger partial charge in [0.05, 0.1) is 0 Å². The van der Waals surface area contributed by atoms with Crippen LogP contribution in [0.1, 0.15) is 20.3 Å². The fourth-order valence-corrected chi connectivity index (χ4v) is 0.618. The maximum atomic E-state index is 11.0. The van der Waals surface area contributed by atoms with E-state index >= 15 is 0 Å². The van der Waals surface area contributed by atoms with Crippen LogP contribution in [0.5, 0.6) is 0 Å². The van der Waals surface area contributed by atoms with Crippen molar-refractivity contribution in [2.24, 2.45) is 5.90 Å². The summed E-state index contributed by atoms with van der Waals surface area (Å²) in [4.78, 5) is 15.4. The van der Waals surface area contributed by atoms with E-state index in [-0.39, 0.29) is 5.78 Å². The zero-order chi connectivity index (χ0) is 8.15. The molecule has 3 nitrogen and oxygen atoms in total. The molecular formula is C7H13NO2. The average molecular weight is 143 g/mol. The topological polar surface area (TPSA) is 52.3 Å². The van der Waals surface area contributed by atoms with Gasteiger partial charge >= 0.3 is 0 Å². The van der Waals surface area contributed by atoms with E-state index in [1.165, 1.54) is 0 Å². The Kier molecular flexibility index (Phi) is 3.91. The molecule has 58 valence electrons. The van der Waals surface area contributed by atoms with E-state index in [2.05, 4.69) is 11.4 Å². The number of hydrogen-bond acceptors (Lipinski definition) is 3. The van der Waals surface area contributed by atoms with Gasteiger partial charge in [-0.25, -0.2) is 5.90 Å². The summed E-state index contributed by atoms with van der Waals surface area (Å²) in [5, 5.41) is 0. The highest BCUT2D eigenvalue weighted by Crippen LogP contribution is 2.02. The molecule has 2 N–H and O–H groups in total. The fourth-order valence-electron chi connectivity index (χ4n) is 0.618. The van der Waals surface area contributed by atoms with E-state index in [1.54, 1.807) is 6.92 Å². The van der Waals surface area contributed by atoms with Crippen LogP contribution < -0.4 is 5.90 Å². The second-order valence-electron chi connectivity index (χ2n) is 2.18. The molecule has 0 saturated carbocycles. The Hall–Kier alpha value is -0.670. The molecule has 0 aromatic carbocycles. The molecule has 0 aliphatic carbocycles. The van der Waals surface area contributed by atoms with Crippen molar-refractivity contribution in [1.82, 2.24) is 0 Å². The minimum absolute atomic E-state index is 0.120. The molecule has 0 aromatic rings. The lowest BCUT2D eigenvalue weighted by Gasteiger charge is -2.09. The van der Waals surface area contributed by atoms with Gasteiger partial charge in [0.2, 0.25) is 0 Å². The summed E-state index contributed by atoms with van der Waals surface area (Å²) in [6, 6.07) is 0. The SMILES string of the molecule is C=C(C)C(=O)C(CC)ON. The standard InChI is InChI=1S/C7H13NO2/c1-4-6(10-8)7(9)5(2)3/h6H,2,4,8H2,1,3H3. The maximum Gasteiger partial charge on any atom is 0.188 e. The molecule has 0 aliphatic rings. The van der Waals surface area contributed by atoms with Gasteiger partial charge in [-0.15, -0.1) is 0 Å². The molecule has 10 heavy (non-hydrogen) atoms. The van der Waals surface area contributed by atoms with Crippen LogP contribution in [0.15, 0.2) is 12.2 Å². The van der Waals surface area contributed by atoms with Gasteiger partial charge in [0.25, 0.3) is 0 Å². The molecule has 0 heterocycles. The lowest BCUT2D eigenvalue weighted by molar-refractivity contribution is -0.127. The Bertz CT molecular complexity index is 139. The maximum absolute atomic E-state index is 11.0. The molecule has 0 amide bonds. The smallest absolute Gasteiger partial charge is 0.188 e. The molecule has 0 aromatic heterocycles. The number of nitrogens with two attached hydrogens (primary N) is 1. The third-order valence-corrected chi connectivity index (χ3v) is 1.25. The third kappa shape index (κ3) is 2.29. The Balaban J connectivity index is 4.02. The van der Waals surface area contributed by atoms with Crippen LogP contribution in [0.25, 0.3) is 0 Å². The molecule has 1 atom stereocenters. The van der Waals surface area contributed by atoms with Gasteiger partial charge in [0.15, 0.2) is 5.78 Å². The second kappa shape index (κ2) is 4.19. The first-order valence-corrected chi connectivity index (χ1v) is 3.18. The number of hydrogen-bond donors (Lipinski definition) is 1. The monoisotopic (exact) mass is 143 g/mol. The highest BCUT2D eigenvalue weighted by molar-refractivity contribution is 5.97. The largest absolute Gasteiger partial charge is 0.293 e. The van der Waals surface area contributed by atoms with Crippen LogP contribution in [0.4, 0.5) is 0 Å². The molecule has 3 heteroatoms. The molecule has 0 rings (SSSR count). The van der Waals surface area contributed by atoms with Gasteiger partial charge < -0.3 is 0 Å². The highest BCUT2D eigenvalue weighted by Gasteiger charge is 2.15. The fraction of sp³-hybridized carbons (Fsp3) is 0.571. The molecule has 0 bridgehead atoms. The predicted octanol–water partition coefficient (Wildman–Crippen LogP) is 0.800. The molecule has 0 spiro atoms. The van der Waals surface area contributed by atoms with E-state index in [9.17, 15) is 4.79 Å². The van der Waals surface area contributed by atoms with Crippen molar-refractivity contribution >= 4 is 5.78 Å². The van der Waals surface area contributed by atoms with Crippen molar-refractivity contribution < 1.29 is 9.63 Å². The first kappa shape index (κ1) is 9.33. The lowest BCUT2D eigenvalue weighted by atomic mass is 10.1. The van der Waals surface area contributed by atoms with Crippen molar-refractivity contribution in [3.8, 4) is 0 Å². The summed E-state index contributed by atoms with van der Waals surface area (Å²) in [6.45, 7) is 6.96. The summed E-state index contributed by atoms with van der Waals surface area (Å²) in [5.74, 6) is 4.74. The van der Waals surface area contributed by atoms with Crippen LogP contribution in [-0.2, 0) is 9.63 Å². The van der Waals surface area contributed by atoms with Crippen LogP contribution >= 0.6 is 0 Å². The summed E-state index contributed by atoms with van der Waals surface area (Å²) in [7, 11) is 0. The number of Topliss-reactive ketones (excluding diaryl/α,β-unsaturated/α-hetero) is 1. The number of ketones is 1. The summed E-state index contributed by atoms with van der Waals surface area (Å²) in [5.41, 5.74) is 0.484. The Morgan fingerprint density at radius 2 is 2.30 bits per heavy atom. The predicted molar refractivity (Wildman–Crippen MR) is 39.2 cm³/mol. The Morgan fingerprint density at radius 3 is 2.40 bits per heavy atom. The molecule has 0 aliphatic heterocycles. The molecule has 0 radical (unpaired) electrons. The molecule has 1 unspecified atom stereocenters. The average Bonchev–Trinajstić information content (AvgIpc) is 1.90. The van der Waals surface area contributed by atoms with Crippen LogP contribution in [0, 0.1) is 0 Å². The number of carbonyl (C=O) groups excluding carboxylic acids is 1. The quantitative estimate of drug-likeness (QED) is 0.468. The number of rotatable bonds is 4. The first-order valence-electron chi connectivity index (χ1n) is 3.18. The minimum atomic E-state index is -0.516. The van der Waals surface area contributed by atoms with Gasteiger partial charge in [-0.05, 0) is 18.9 Å². The van der Waals surface area contributed by atoms with E-state index in [0.29, 0.717) is 12.0 Å². The van der Waals surface area contributed by atoms with Crippen molar-refractivity contribution in [3.05, 3.63) is 12.2 Å². The van der Waals surface area contributed by atoms with Crippen LogP contribution in [0.3, 0.4) is 0 Å². The normalized spacial score (nSPS) is 12.7. The molecule has 0 fully saturated rings. The highest BCUT2D eigenvalue weighted by atomic mass is 16.6. The van der Waals surface area contributed by atoms with Gasteiger partial charge in [-0.2, -0.15) is 0 Å². The van der Waals surface area contributed by atoms with Gasteiger partial charge in [-0.1, -0.05) is 13.5 Å². The lowest BCUT2D eigenvalue weighted by Crippen LogP contribution is -2.26. The Morgan fingerprint density at radius 1 is 1.80 bits per heavy atom. The van der Waals surface area contributed by atoms with Gasteiger partial charge in [0.1, 0.15) is 6.10 Å². The van der Waals surface area contributed by atoms with Crippen molar-refractivity contribution in [3.63, 3.8) is 0 Å². The van der Waals surface area contributed by atoms with Crippen molar-refractivity contribution in [2.45, 2.75) is 26.4 Å². The molecular weight excluding hydrogens is 130 g/mol. The van der Waals surface area contributed by atoms with E-state index in [4.69, 9.17) is 5.90 Å². The van der Waals surface area contributed by atoms with E-state index in [1.807, 2.05) is 6.92 Å².